The second-order valence-corrected chi connectivity index (χ2v) is 6.62. The molecular formula is C14H4F12. The van der Waals surface area contributed by atoms with Gasteiger partial charge in [0.1, 0.15) is 0 Å². The SMILES string of the molecule is CC1=C[C@@]2(F)C3=C([C@]4(F)C(F)=C(F)[C@@]3(F)C(F)(F)C4(F)F)[C@]1(F)C2(F)F. The number of rotatable bonds is 0. The van der Waals surface area contributed by atoms with Crippen LogP contribution in [0.1, 0.15) is 6.92 Å². The van der Waals surface area contributed by atoms with Crippen molar-refractivity contribution in [2.45, 2.75) is 47.4 Å². The van der Waals surface area contributed by atoms with Gasteiger partial charge in [-0.05, 0) is 18.6 Å². The molecule has 0 amide bonds. The van der Waals surface area contributed by atoms with E-state index in [4.69, 9.17) is 0 Å². The maximum absolute atomic E-state index is 15.0. The number of hydrogen-bond acceptors (Lipinski definition) is 0. The van der Waals surface area contributed by atoms with Gasteiger partial charge >= 0.3 is 17.8 Å². The Morgan fingerprint density at radius 2 is 0.962 bits per heavy atom. The molecule has 0 aromatic heterocycles. The van der Waals surface area contributed by atoms with Crippen molar-refractivity contribution in [3.8, 4) is 0 Å². The fourth-order valence-corrected chi connectivity index (χ4v) is 4.30. The third-order valence-corrected chi connectivity index (χ3v) is 5.55. The highest BCUT2D eigenvalue weighted by Gasteiger charge is 2.99. The van der Waals surface area contributed by atoms with Crippen LogP contribution in [-0.2, 0) is 0 Å². The van der Waals surface area contributed by atoms with Crippen molar-refractivity contribution >= 4 is 0 Å². The number of hydrogen-bond donors (Lipinski definition) is 0. The third-order valence-electron chi connectivity index (χ3n) is 5.55. The molecule has 0 aromatic rings. The summed E-state index contributed by atoms with van der Waals surface area (Å²) in [6.07, 6.45) is -0.420. The highest BCUT2D eigenvalue weighted by molar-refractivity contribution is 5.75. The Labute approximate surface area is 135 Å². The van der Waals surface area contributed by atoms with Gasteiger partial charge in [0.25, 0.3) is 11.3 Å². The molecule has 0 radical (unpaired) electrons. The van der Waals surface area contributed by atoms with Gasteiger partial charge in [-0.3, -0.25) is 0 Å². The van der Waals surface area contributed by atoms with Gasteiger partial charge in [0, 0.05) is 11.1 Å². The average Bonchev–Trinajstić information content (AvgIpc) is 2.73. The van der Waals surface area contributed by atoms with Crippen molar-refractivity contribution in [2.24, 2.45) is 0 Å². The lowest BCUT2D eigenvalue weighted by atomic mass is 9.58. The third kappa shape index (κ3) is 1.06. The van der Waals surface area contributed by atoms with E-state index in [-0.39, 0.29) is 0 Å². The fourth-order valence-electron chi connectivity index (χ4n) is 4.30. The molecule has 0 aromatic carbocycles. The molecule has 0 spiro atoms. The van der Waals surface area contributed by atoms with E-state index in [1.807, 2.05) is 0 Å². The van der Waals surface area contributed by atoms with E-state index in [1.54, 1.807) is 0 Å². The van der Waals surface area contributed by atoms with E-state index in [0.29, 0.717) is 6.92 Å². The summed E-state index contributed by atoms with van der Waals surface area (Å²) in [6.45, 7) is 0.365. The number of allylic oxidation sites excluding steroid dienone is 6. The summed E-state index contributed by atoms with van der Waals surface area (Å²) in [7, 11) is 0. The first kappa shape index (κ1) is 17.8. The summed E-state index contributed by atoms with van der Waals surface area (Å²) in [4.78, 5) is 0. The molecule has 0 N–H and O–H groups in total. The fraction of sp³-hybridized carbons (Fsp3) is 0.571. The first-order valence-corrected chi connectivity index (χ1v) is 6.85. The predicted molar refractivity (Wildman–Crippen MR) is 60.2 cm³/mol. The van der Waals surface area contributed by atoms with Gasteiger partial charge in [-0.2, -0.15) is 26.3 Å². The summed E-state index contributed by atoms with van der Waals surface area (Å²) in [5, 5.41) is 0. The first-order valence-electron chi connectivity index (χ1n) is 6.85. The summed E-state index contributed by atoms with van der Waals surface area (Å²) < 4.78 is 172. The molecular weight excluding hydrogens is 396 g/mol. The Kier molecular flexibility index (Phi) is 2.52. The van der Waals surface area contributed by atoms with Crippen LogP contribution in [0.3, 0.4) is 0 Å². The predicted octanol–water partition coefficient (Wildman–Crippen LogP) is 5.17. The van der Waals surface area contributed by atoms with Crippen LogP contribution in [0.2, 0.25) is 0 Å². The van der Waals surface area contributed by atoms with E-state index in [2.05, 4.69) is 0 Å². The number of alkyl halides is 10. The van der Waals surface area contributed by atoms with Gasteiger partial charge in [0.15, 0.2) is 11.7 Å². The van der Waals surface area contributed by atoms with Crippen LogP contribution in [0.25, 0.3) is 0 Å². The van der Waals surface area contributed by atoms with Crippen LogP contribution >= 0.6 is 0 Å². The lowest BCUT2D eigenvalue weighted by Crippen LogP contribution is -2.75. The molecule has 0 fully saturated rings. The highest BCUT2D eigenvalue weighted by Crippen LogP contribution is 2.80. The minimum absolute atomic E-state index is 0.365. The van der Waals surface area contributed by atoms with Gasteiger partial charge < -0.3 is 0 Å². The molecule has 12 heteroatoms. The molecule has 0 heterocycles. The van der Waals surface area contributed by atoms with Gasteiger partial charge in [-0.15, -0.1) is 0 Å². The van der Waals surface area contributed by atoms with Crippen molar-refractivity contribution in [3.63, 3.8) is 0 Å². The van der Waals surface area contributed by atoms with Crippen LogP contribution in [-0.4, -0.2) is 40.4 Å². The lowest BCUT2D eigenvalue weighted by molar-refractivity contribution is -0.316. The van der Waals surface area contributed by atoms with E-state index in [0.717, 1.165) is 0 Å². The minimum atomic E-state index is -6.52. The monoisotopic (exact) mass is 400 g/mol. The first-order chi connectivity index (χ1) is 11.4. The average molecular weight is 400 g/mol. The van der Waals surface area contributed by atoms with Crippen LogP contribution in [0.5, 0.6) is 0 Å². The molecule has 144 valence electrons. The van der Waals surface area contributed by atoms with E-state index in [9.17, 15) is 52.7 Å². The zero-order chi connectivity index (χ0) is 20.1. The van der Waals surface area contributed by atoms with Gasteiger partial charge in [0.2, 0.25) is 11.3 Å². The summed E-state index contributed by atoms with van der Waals surface area (Å²) >= 11 is 0. The van der Waals surface area contributed by atoms with Gasteiger partial charge in [-0.1, -0.05) is 0 Å². The van der Waals surface area contributed by atoms with Crippen LogP contribution in [0, 0.1) is 0 Å². The Morgan fingerprint density at radius 3 is 1.38 bits per heavy atom. The zero-order valence-electron chi connectivity index (χ0n) is 12.1. The quantitative estimate of drug-likeness (QED) is 0.389. The maximum Gasteiger partial charge on any atom is 0.358 e. The van der Waals surface area contributed by atoms with E-state index < -0.39 is 74.9 Å². The highest BCUT2D eigenvalue weighted by atomic mass is 19.3. The summed E-state index contributed by atoms with van der Waals surface area (Å²) in [5.41, 5.74) is -28.7. The topological polar surface area (TPSA) is 0 Å². The molecule has 0 unspecified atom stereocenters. The Hall–Kier alpha value is -1.62. The van der Waals surface area contributed by atoms with Crippen LogP contribution in [0.4, 0.5) is 52.7 Å². The Morgan fingerprint density at radius 1 is 0.577 bits per heavy atom. The van der Waals surface area contributed by atoms with Crippen molar-refractivity contribution in [1.29, 1.82) is 0 Å². The molecule has 0 nitrogen and oxygen atoms in total. The molecule has 5 aliphatic rings. The Balaban J connectivity index is 2.26. The summed E-state index contributed by atoms with van der Waals surface area (Å²) in [6, 6.07) is 0. The van der Waals surface area contributed by atoms with Crippen molar-refractivity contribution < 1.29 is 52.7 Å². The molecule has 5 rings (SSSR count). The second-order valence-electron chi connectivity index (χ2n) is 6.62. The van der Waals surface area contributed by atoms with Crippen LogP contribution in [0.15, 0.2) is 34.4 Å². The number of fused-ring (bicyclic) bond motifs is 3. The molecule has 4 atom stereocenters. The molecule has 0 saturated heterocycles. The van der Waals surface area contributed by atoms with Crippen LogP contribution < -0.4 is 0 Å². The van der Waals surface area contributed by atoms with Gasteiger partial charge in [0.05, 0.1) is 0 Å². The molecule has 4 bridgehead atoms. The maximum atomic E-state index is 15.0. The smallest absolute Gasteiger partial charge is 0.227 e. The van der Waals surface area contributed by atoms with Crippen molar-refractivity contribution in [1.82, 2.24) is 0 Å². The minimum Gasteiger partial charge on any atom is -0.227 e. The largest absolute Gasteiger partial charge is 0.358 e. The zero-order valence-corrected chi connectivity index (χ0v) is 12.1. The molecule has 5 aliphatic carbocycles. The lowest BCUT2D eigenvalue weighted by Gasteiger charge is -2.54. The van der Waals surface area contributed by atoms with E-state index in [1.165, 1.54) is 0 Å². The van der Waals surface area contributed by atoms with Crippen molar-refractivity contribution in [2.75, 3.05) is 0 Å². The summed E-state index contributed by atoms with van der Waals surface area (Å²) in [5.74, 6) is -25.7. The standard InChI is InChI=1S/C14H4F12/c1-3-2-8(17)4-5(9(3,18)12(8,21)22)11(20)7(16)6(15)10(4,19)13(23,24)14(11,25)26/h2H,1H3/t8-,9+,10-,11+/m1/s1. The Bertz CT molecular complexity index is 880. The van der Waals surface area contributed by atoms with E-state index >= 15 is 0 Å². The molecule has 26 heavy (non-hydrogen) atoms. The molecule has 0 aliphatic heterocycles. The van der Waals surface area contributed by atoms with Gasteiger partial charge in [-0.25, -0.2) is 26.3 Å². The second kappa shape index (κ2) is 3.68. The molecule has 0 saturated carbocycles. The normalized spacial score (nSPS) is 49.7. The number of halogens is 12. The van der Waals surface area contributed by atoms with Crippen molar-refractivity contribution in [3.05, 3.63) is 34.4 Å².